The van der Waals surface area contributed by atoms with Crippen molar-refractivity contribution in [3.8, 4) is 5.88 Å². The van der Waals surface area contributed by atoms with Crippen molar-refractivity contribution in [2.45, 2.75) is 32.5 Å². The molecule has 0 radical (unpaired) electrons. The molecule has 0 fully saturated rings. The summed E-state index contributed by atoms with van der Waals surface area (Å²) in [7, 11) is 0. The summed E-state index contributed by atoms with van der Waals surface area (Å²) in [6.07, 6.45) is 2.03. The number of amides is 1. The lowest BCUT2D eigenvalue weighted by atomic mass is 10.2. The Morgan fingerprint density at radius 3 is 2.73 bits per heavy atom. The van der Waals surface area contributed by atoms with Crippen molar-refractivity contribution < 1.29 is 19.1 Å². The van der Waals surface area contributed by atoms with Gasteiger partial charge in [-0.1, -0.05) is 0 Å². The van der Waals surface area contributed by atoms with Gasteiger partial charge in [0.15, 0.2) is 0 Å². The number of nitrogens with zero attached hydrogens (tertiary/aromatic N) is 1. The molecular weight excluding hydrogens is 284 g/mol. The summed E-state index contributed by atoms with van der Waals surface area (Å²) in [5, 5.41) is 12.5. The summed E-state index contributed by atoms with van der Waals surface area (Å²) in [6.45, 7) is 5.83. The molecule has 1 unspecified atom stereocenters. The van der Waals surface area contributed by atoms with Gasteiger partial charge in [-0.2, -0.15) is 0 Å². The molecule has 2 aromatic rings. The molecular formula is C16H20N2O4. The number of carbonyl (C=O) groups excluding carboxylic acids is 1. The summed E-state index contributed by atoms with van der Waals surface area (Å²) in [4.78, 5) is 16.1. The van der Waals surface area contributed by atoms with Crippen LogP contribution >= 0.6 is 0 Å². The van der Waals surface area contributed by atoms with Crippen LogP contribution in [-0.4, -0.2) is 28.1 Å². The maximum atomic E-state index is 12.0. The molecule has 0 bridgehead atoms. The smallest absolute Gasteiger partial charge is 0.252 e. The van der Waals surface area contributed by atoms with E-state index in [9.17, 15) is 9.90 Å². The molecule has 0 spiro atoms. The Labute approximate surface area is 129 Å². The summed E-state index contributed by atoms with van der Waals surface area (Å²) in [5.74, 6) is 0.549. The van der Waals surface area contributed by atoms with E-state index in [1.165, 1.54) is 12.5 Å². The van der Waals surface area contributed by atoms with Crippen molar-refractivity contribution in [2.75, 3.05) is 6.54 Å². The molecule has 6 nitrogen and oxygen atoms in total. The van der Waals surface area contributed by atoms with Crippen LogP contribution in [0.15, 0.2) is 41.1 Å². The van der Waals surface area contributed by atoms with Crippen LogP contribution in [-0.2, 0) is 0 Å². The quantitative estimate of drug-likeness (QED) is 0.885. The SMILES string of the molecule is CC(C)(C)Oc1ccc(C(=O)NCC(O)c2ccco2)cn1. The molecule has 0 saturated heterocycles. The van der Waals surface area contributed by atoms with Crippen LogP contribution < -0.4 is 10.1 Å². The van der Waals surface area contributed by atoms with Gasteiger partial charge in [-0.3, -0.25) is 4.79 Å². The third-order valence-corrected chi connectivity index (χ3v) is 2.74. The molecule has 2 aromatic heterocycles. The number of pyridine rings is 1. The monoisotopic (exact) mass is 304 g/mol. The van der Waals surface area contributed by atoms with E-state index in [1.54, 1.807) is 24.3 Å². The first-order valence-electron chi connectivity index (χ1n) is 7.00. The minimum atomic E-state index is -0.879. The number of aliphatic hydroxyl groups is 1. The van der Waals surface area contributed by atoms with Crippen LogP contribution in [0.4, 0.5) is 0 Å². The fraction of sp³-hybridized carbons (Fsp3) is 0.375. The van der Waals surface area contributed by atoms with Crippen LogP contribution in [0.3, 0.4) is 0 Å². The van der Waals surface area contributed by atoms with Crippen LogP contribution in [0.1, 0.15) is 43.0 Å². The number of nitrogens with one attached hydrogen (secondary N) is 1. The van der Waals surface area contributed by atoms with Gasteiger partial charge in [-0.15, -0.1) is 0 Å². The van der Waals surface area contributed by atoms with Gasteiger partial charge >= 0.3 is 0 Å². The average molecular weight is 304 g/mol. The zero-order chi connectivity index (χ0) is 16.2. The van der Waals surface area contributed by atoms with E-state index >= 15 is 0 Å². The number of aliphatic hydroxyl groups excluding tert-OH is 1. The summed E-state index contributed by atoms with van der Waals surface area (Å²) in [5.41, 5.74) is 0.0529. The van der Waals surface area contributed by atoms with Crippen LogP contribution in [0.2, 0.25) is 0 Å². The maximum absolute atomic E-state index is 12.0. The number of hydrogen-bond donors (Lipinski definition) is 2. The van der Waals surface area contributed by atoms with Gasteiger partial charge in [0.2, 0.25) is 5.88 Å². The predicted octanol–water partition coefficient (Wildman–Crippen LogP) is 2.32. The second-order valence-corrected chi connectivity index (χ2v) is 5.84. The molecule has 0 aliphatic heterocycles. The number of ether oxygens (including phenoxy) is 1. The molecule has 0 aliphatic carbocycles. The van der Waals surface area contributed by atoms with Crippen LogP contribution in [0, 0.1) is 0 Å². The topological polar surface area (TPSA) is 84.6 Å². The standard InChI is InChI=1S/C16H20N2O4/c1-16(2,3)22-14-7-6-11(9-17-14)15(20)18-10-12(19)13-5-4-8-21-13/h4-9,12,19H,10H2,1-3H3,(H,18,20). The molecule has 0 saturated carbocycles. The highest BCUT2D eigenvalue weighted by molar-refractivity contribution is 5.93. The number of rotatable bonds is 5. The highest BCUT2D eigenvalue weighted by Crippen LogP contribution is 2.15. The van der Waals surface area contributed by atoms with Gasteiger partial charge in [0.05, 0.1) is 18.4 Å². The van der Waals surface area contributed by atoms with Crippen molar-refractivity contribution in [3.05, 3.63) is 48.0 Å². The highest BCUT2D eigenvalue weighted by Gasteiger charge is 2.15. The first-order chi connectivity index (χ1) is 10.3. The molecule has 0 aliphatic rings. The Morgan fingerprint density at radius 1 is 1.41 bits per heavy atom. The number of furan rings is 1. The summed E-state index contributed by atoms with van der Waals surface area (Å²) >= 11 is 0. The molecule has 1 amide bonds. The molecule has 2 heterocycles. The van der Waals surface area contributed by atoms with E-state index < -0.39 is 6.10 Å². The Kier molecular flexibility index (Phi) is 4.82. The van der Waals surface area contributed by atoms with Gasteiger partial charge in [-0.25, -0.2) is 4.98 Å². The second-order valence-electron chi connectivity index (χ2n) is 5.84. The first kappa shape index (κ1) is 16.0. The number of carbonyl (C=O) groups is 1. The van der Waals surface area contributed by atoms with Gasteiger partial charge in [0.25, 0.3) is 5.91 Å². The van der Waals surface area contributed by atoms with Crippen molar-refractivity contribution in [2.24, 2.45) is 0 Å². The second kappa shape index (κ2) is 6.62. The van der Waals surface area contributed by atoms with Gasteiger partial charge in [0, 0.05) is 12.3 Å². The van der Waals surface area contributed by atoms with E-state index in [0.717, 1.165) is 0 Å². The van der Waals surface area contributed by atoms with E-state index in [-0.39, 0.29) is 18.1 Å². The maximum Gasteiger partial charge on any atom is 0.252 e. The van der Waals surface area contributed by atoms with Gasteiger partial charge in [0.1, 0.15) is 17.5 Å². The van der Waals surface area contributed by atoms with Crippen molar-refractivity contribution >= 4 is 5.91 Å². The third kappa shape index (κ3) is 4.60. The molecule has 1 atom stereocenters. The van der Waals surface area contributed by atoms with Gasteiger partial charge < -0.3 is 19.6 Å². The molecule has 2 N–H and O–H groups in total. The van der Waals surface area contributed by atoms with Gasteiger partial charge in [-0.05, 0) is 39.0 Å². The fourth-order valence-electron chi connectivity index (χ4n) is 1.76. The normalized spacial score (nSPS) is 12.7. The van der Waals surface area contributed by atoms with Crippen molar-refractivity contribution in [3.63, 3.8) is 0 Å². The Balaban J connectivity index is 1.90. The summed E-state index contributed by atoms with van der Waals surface area (Å²) < 4.78 is 10.7. The van der Waals surface area contributed by atoms with E-state index in [0.29, 0.717) is 17.2 Å². The Bertz CT molecular complexity index is 600. The molecule has 22 heavy (non-hydrogen) atoms. The van der Waals surface area contributed by atoms with Crippen LogP contribution in [0.5, 0.6) is 5.88 Å². The minimum absolute atomic E-state index is 0.0621. The number of aromatic nitrogens is 1. The van der Waals surface area contributed by atoms with E-state index in [1.807, 2.05) is 20.8 Å². The molecule has 118 valence electrons. The minimum Gasteiger partial charge on any atom is -0.472 e. The van der Waals surface area contributed by atoms with Crippen LogP contribution in [0.25, 0.3) is 0 Å². The van der Waals surface area contributed by atoms with Crippen molar-refractivity contribution in [1.29, 1.82) is 0 Å². The first-order valence-corrected chi connectivity index (χ1v) is 7.00. The number of hydrogen-bond acceptors (Lipinski definition) is 5. The highest BCUT2D eigenvalue weighted by atomic mass is 16.5. The lowest BCUT2D eigenvalue weighted by molar-refractivity contribution is 0.0900. The lowest BCUT2D eigenvalue weighted by Crippen LogP contribution is -2.28. The molecule has 6 heteroatoms. The fourth-order valence-corrected chi connectivity index (χ4v) is 1.76. The predicted molar refractivity (Wildman–Crippen MR) is 80.6 cm³/mol. The lowest BCUT2D eigenvalue weighted by Gasteiger charge is -2.20. The summed E-state index contributed by atoms with van der Waals surface area (Å²) in [6, 6.07) is 6.60. The van der Waals surface area contributed by atoms with E-state index in [4.69, 9.17) is 9.15 Å². The largest absolute Gasteiger partial charge is 0.472 e. The Morgan fingerprint density at radius 2 is 2.18 bits per heavy atom. The average Bonchev–Trinajstić information content (AvgIpc) is 2.97. The van der Waals surface area contributed by atoms with Crippen molar-refractivity contribution in [1.82, 2.24) is 10.3 Å². The zero-order valence-electron chi connectivity index (χ0n) is 12.9. The zero-order valence-corrected chi connectivity index (χ0v) is 12.9. The molecule has 0 aromatic carbocycles. The Hall–Kier alpha value is -2.34. The van der Waals surface area contributed by atoms with E-state index in [2.05, 4.69) is 10.3 Å². The third-order valence-electron chi connectivity index (χ3n) is 2.74. The molecule has 2 rings (SSSR count).